The molecule has 16 heterocycles. The Labute approximate surface area is 757 Å². The highest BCUT2D eigenvalue weighted by Gasteiger charge is 2.25. The molecule has 0 aliphatic heterocycles. The number of fused-ring (bicyclic) bond motifs is 5. The lowest BCUT2D eigenvalue weighted by Crippen LogP contribution is -2.11. The van der Waals surface area contributed by atoms with Gasteiger partial charge in [0.25, 0.3) is 0 Å². The van der Waals surface area contributed by atoms with Crippen molar-refractivity contribution in [3.05, 3.63) is 353 Å². The quantitative estimate of drug-likeness (QED) is 0.0254. The molecule has 0 saturated heterocycles. The van der Waals surface area contributed by atoms with Crippen molar-refractivity contribution in [1.29, 1.82) is 0 Å². The van der Waals surface area contributed by atoms with Gasteiger partial charge in [-0.3, -0.25) is 27.7 Å². The summed E-state index contributed by atoms with van der Waals surface area (Å²) >= 11 is 3.17. The van der Waals surface area contributed by atoms with Crippen LogP contribution in [0.5, 0.6) is 0 Å². The molecule has 21 aromatic rings. The SMILES string of the molecule is CC(Nc1nccc(-c2c(-c3ccc(F)cc3)nc3cc(CO)ccn23)n1)c1cscn1.CC(Nc1nccc(-c2c(-c3ccc(F)cc3)nc3cc(CO)ccn23)n1)c1ncn[nH]1.Cc1cccc(CNc2nccc(-c3c(-c4ccc(F)cc4)nc4cc(CO)ccn34)n2)n1.OCc1ccn2c(-c3ccnc(NCc4nc5ccccc5s4)n3)c(-c3ccc(F)cc3)nc2c1. The number of nitrogens with zero attached hydrogens (tertiary/aromatic N) is 21. The van der Waals surface area contributed by atoms with E-state index in [0.717, 1.165) is 99.6 Å². The molecule has 0 saturated carbocycles. The molecule has 0 fully saturated rings. The van der Waals surface area contributed by atoms with Gasteiger partial charge in [0.2, 0.25) is 23.8 Å². The van der Waals surface area contributed by atoms with Crippen molar-refractivity contribution in [1.82, 2.24) is 108 Å². The minimum atomic E-state index is -0.323. The van der Waals surface area contributed by atoms with E-state index in [9.17, 15) is 38.0 Å². The standard InChI is InChI=1S/C26H19FN6OS.C25H21FN6O.C23H19FN6OS.C22H19FN8O/c27-18-7-5-17(6-8-18)24-25(33-12-10-16(15-34)13-22(33)32-24)20-9-11-28-26(31-20)29-14-23-30-19-3-1-2-4-21(19)35-23;1-16-3-2-4-20(29-16)14-28-25-27-11-9-21(30-25)24-23(18-5-7-19(26)8-6-18)31-22-13-17(15-33)10-12-32(22)24;1-14(19-12-32-13-26-19)27-23-25-8-6-18(28-23)22-21(16-2-4-17(24)5-3-16)29-20-10-15(11-31)7-9-30(20)22;1-13(21-25-12-26-30-21)27-22-24-8-6-17(28-22)20-19(15-2-4-16(23)5-3-15)29-18-10-14(11-32)7-9-31(18)20/h1-13,34H,14-15H2,(H,28,29,31);2-13,33H,14-15H2,1H3,(H,27,28,30);2-10,12-14,31H,11H2,1H3,(H,25,27,28);2-10,12-13,32H,11H2,1H3,(H,24,27,28)(H,25,26,30). The molecule has 36 heteroatoms. The lowest BCUT2D eigenvalue weighted by molar-refractivity contribution is 0.281. The van der Waals surface area contributed by atoms with Crippen LogP contribution in [0.3, 0.4) is 0 Å². The average Bonchev–Trinajstić information content (AvgIpc) is 1.63. The van der Waals surface area contributed by atoms with Gasteiger partial charge in [-0.05, 0) is 237 Å². The first-order valence-electron chi connectivity index (χ1n) is 41.4. The van der Waals surface area contributed by atoms with Gasteiger partial charge >= 0.3 is 0 Å². The molecule has 0 radical (unpaired) electrons. The largest absolute Gasteiger partial charge is 0.392 e. The van der Waals surface area contributed by atoms with Crippen molar-refractivity contribution in [2.75, 3.05) is 21.3 Å². The summed E-state index contributed by atoms with van der Waals surface area (Å²) in [7, 11) is 0. The molecule has 0 spiro atoms. The fraction of sp³-hybridized carbons (Fsp3) is 0.115. The van der Waals surface area contributed by atoms with E-state index in [1.165, 1.54) is 66.2 Å². The molecule has 21 rings (SSSR count). The molecule has 0 bridgehead atoms. The van der Waals surface area contributed by atoms with E-state index >= 15 is 0 Å². The number of anilines is 4. The minimum absolute atomic E-state index is 0.0534. The Morgan fingerprint density at radius 3 is 1.14 bits per heavy atom. The van der Waals surface area contributed by atoms with Gasteiger partial charge in [-0.1, -0.05) is 18.2 Å². The zero-order valence-electron chi connectivity index (χ0n) is 70.5. The summed E-state index contributed by atoms with van der Waals surface area (Å²) in [5.74, 6) is 1.21. The third-order valence-corrected chi connectivity index (χ3v) is 22.7. The number of rotatable bonds is 24. The number of nitrogens with one attached hydrogen (secondary N) is 5. The van der Waals surface area contributed by atoms with Crippen molar-refractivity contribution >= 4 is 79.3 Å². The van der Waals surface area contributed by atoms with Gasteiger partial charge < -0.3 is 41.7 Å². The molecular formula is C96H78F4N26O4S2. The number of aryl methyl sites for hydroxylation is 1. The number of pyridine rings is 5. The number of hydrogen-bond acceptors (Lipinski definition) is 27. The number of para-hydroxylation sites is 1. The number of H-pyrrole nitrogens is 1. The van der Waals surface area contributed by atoms with Gasteiger partial charge in [0, 0.05) is 82.9 Å². The van der Waals surface area contributed by atoms with Crippen molar-refractivity contribution in [3.8, 4) is 90.6 Å². The van der Waals surface area contributed by atoms with E-state index < -0.39 is 0 Å². The van der Waals surface area contributed by atoms with E-state index in [1.807, 2.05) is 172 Å². The van der Waals surface area contributed by atoms with Crippen molar-refractivity contribution in [2.45, 2.75) is 72.4 Å². The first-order valence-corrected chi connectivity index (χ1v) is 43.1. The minimum Gasteiger partial charge on any atom is -0.392 e. The maximum atomic E-state index is 13.6. The Balaban J connectivity index is 0.000000118. The molecule has 0 aliphatic carbocycles. The normalized spacial score (nSPS) is 11.7. The van der Waals surface area contributed by atoms with Crippen molar-refractivity contribution in [3.63, 3.8) is 0 Å². The molecular weight excluding hydrogens is 1720 g/mol. The van der Waals surface area contributed by atoms with Gasteiger partial charge in [0.15, 0.2) is 0 Å². The topological polar surface area (TPSA) is 382 Å². The van der Waals surface area contributed by atoms with Crippen LogP contribution in [0.15, 0.2) is 279 Å². The third-order valence-electron chi connectivity index (χ3n) is 21.1. The first kappa shape index (κ1) is 86.5. The van der Waals surface area contributed by atoms with E-state index in [-0.39, 0.29) is 61.8 Å². The molecule has 0 aliphatic rings. The molecule has 5 aromatic carbocycles. The van der Waals surface area contributed by atoms with Gasteiger partial charge in [-0.2, -0.15) is 5.10 Å². The third kappa shape index (κ3) is 19.4. The molecule has 656 valence electrons. The second-order valence-corrected chi connectivity index (χ2v) is 31.9. The summed E-state index contributed by atoms with van der Waals surface area (Å²) in [5.41, 5.74) is 22.4. The fourth-order valence-corrected chi connectivity index (χ4v) is 16.2. The number of benzene rings is 5. The summed E-state index contributed by atoms with van der Waals surface area (Å²) in [6, 6.07) is 60.2. The summed E-state index contributed by atoms with van der Waals surface area (Å²) in [4.78, 5) is 73.0. The van der Waals surface area contributed by atoms with Crippen molar-refractivity contribution in [2.24, 2.45) is 0 Å². The lowest BCUT2D eigenvalue weighted by atomic mass is 10.1. The second kappa shape index (κ2) is 39.1. The molecule has 132 heavy (non-hydrogen) atoms. The summed E-state index contributed by atoms with van der Waals surface area (Å²) in [5, 5.41) is 60.8. The van der Waals surface area contributed by atoms with Crippen LogP contribution < -0.4 is 21.3 Å². The van der Waals surface area contributed by atoms with Gasteiger partial charge in [-0.15, -0.1) is 22.7 Å². The van der Waals surface area contributed by atoms with Gasteiger partial charge in [0.05, 0.1) is 147 Å². The lowest BCUT2D eigenvalue weighted by Gasteiger charge is -2.12. The van der Waals surface area contributed by atoms with Crippen LogP contribution in [0, 0.1) is 30.2 Å². The van der Waals surface area contributed by atoms with E-state index in [0.29, 0.717) is 111 Å². The maximum absolute atomic E-state index is 13.6. The van der Waals surface area contributed by atoms with Crippen LogP contribution >= 0.6 is 22.7 Å². The zero-order valence-corrected chi connectivity index (χ0v) is 72.1. The summed E-state index contributed by atoms with van der Waals surface area (Å²) < 4.78 is 63.0. The fourth-order valence-electron chi connectivity index (χ4n) is 14.6. The zero-order chi connectivity index (χ0) is 90.7. The highest BCUT2D eigenvalue weighted by Crippen LogP contribution is 2.39. The summed E-state index contributed by atoms with van der Waals surface area (Å²) in [6.45, 7) is 6.52. The predicted octanol–water partition coefficient (Wildman–Crippen LogP) is 17.8. The Morgan fingerprint density at radius 2 is 0.773 bits per heavy atom. The molecule has 2 atom stereocenters. The number of aliphatic hydroxyl groups is 4. The van der Waals surface area contributed by atoms with Crippen LogP contribution in [0.4, 0.5) is 41.4 Å². The Morgan fingerprint density at radius 1 is 0.386 bits per heavy atom. The Bertz CT molecular complexity index is 7370. The van der Waals surface area contributed by atoms with E-state index in [1.54, 1.807) is 96.2 Å². The molecule has 9 N–H and O–H groups in total. The Hall–Kier alpha value is -16.3. The Kier molecular flexibility index (Phi) is 25.6. The molecule has 0 amide bonds. The first-order chi connectivity index (χ1) is 64.5. The number of aliphatic hydroxyl groups excluding tert-OH is 4. The highest BCUT2D eigenvalue weighted by atomic mass is 32.1. The number of hydrogen-bond donors (Lipinski definition) is 9. The van der Waals surface area contributed by atoms with Crippen LogP contribution in [-0.4, -0.2) is 128 Å². The number of halogens is 4. The van der Waals surface area contributed by atoms with Gasteiger partial charge in [0.1, 0.15) is 63.0 Å². The molecule has 30 nitrogen and oxygen atoms in total. The second-order valence-electron chi connectivity index (χ2n) is 30.1. The monoisotopic (exact) mass is 1800 g/mol. The van der Waals surface area contributed by atoms with Crippen LogP contribution in [-0.2, 0) is 39.5 Å². The van der Waals surface area contributed by atoms with E-state index in [2.05, 4.69) is 77.4 Å². The number of imidazole rings is 4. The highest BCUT2D eigenvalue weighted by molar-refractivity contribution is 7.18. The van der Waals surface area contributed by atoms with Crippen LogP contribution in [0.1, 0.15) is 76.1 Å². The average molecular weight is 1800 g/mol. The van der Waals surface area contributed by atoms with Crippen molar-refractivity contribution < 1.29 is 38.0 Å². The molecule has 2 unspecified atom stereocenters. The number of aromatic amines is 1. The summed E-state index contributed by atoms with van der Waals surface area (Å²) in [6.07, 6.45) is 15.6. The van der Waals surface area contributed by atoms with E-state index in [4.69, 9.17) is 39.9 Å². The van der Waals surface area contributed by atoms with Gasteiger partial charge in [-0.25, -0.2) is 92.3 Å². The number of aromatic nitrogens is 22. The molecule has 16 aromatic heterocycles. The van der Waals surface area contributed by atoms with Crippen LogP contribution in [0.25, 0.3) is 123 Å². The predicted molar refractivity (Wildman–Crippen MR) is 496 cm³/mol. The van der Waals surface area contributed by atoms with Crippen LogP contribution in [0.2, 0.25) is 0 Å². The number of thiazole rings is 2. The maximum Gasteiger partial charge on any atom is 0.223 e. The smallest absolute Gasteiger partial charge is 0.223 e.